The number of nitrogens with zero attached hydrogens (tertiary/aromatic N) is 4. The lowest BCUT2D eigenvalue weighted by atomic mass is 10.1. The van der Waals surface area contributed by atoms with Gasteiger partial charge in [-0.05, 0) is 36.4 Å². The Hall–Kier alpha value is -3.38. The number of fused-ring (bicyclic) bond motifs is 3. The molecule has 5 aromatic rings. The number of para-hydroxylation sites is 1. The van der Waals surface area contributed by atoms with Crippen LogP contribution in [0.15, 0.2) is 71.3 Å². The lowest BCUT2D eigenvalue weighted by Gasteiger charge is -2.09. The first-order valence-corrected chi connectivity index (χ1v) is 8.84. The molecule has 5 rings (SSSR count). The third-order valence-corrected chi connectivity index (χ3v) is 4.63. The summed E-state index contributed by atoms with van der Waals surface area (Å²) >= 11 is 6.01. The van der Waals surface area contributed by atoms with E-state index in [0.717, 1.165) is 28.0 Å². The molecule has 0 radical (unpaired) electrons. The van der Waals surface area contributed by atoms with Gasteiger partial charge in [-0.1, -0.05) is 41.1 Å². The van der Waals surface area contributed by atoms with Crippen molar-refractivity contribution in [2.75, 3.05) is 5.32 Å². The van der Waals surface area contributed by atoms with Crippen molar-refractivity contribution < 1.29 is 4.42 Å². The number of anilines is 1. The lowest BCUT2D eigenvalue weighted by Crippen LogP contribution is -2.04. The monoisotopic (exact) mass is 375 g/mol. The van der Waals surface area contributed by atoms with Crippen LogP contribution in [0.1, 0.15) is 5.76 Å². The molecule has 6 nitrogen and oxygen atoms in total. The fraction of sp³-hybridized carbons (Fsp3) is 0.0500. The van der Waals surface area contributed by atoms with Gasteiger partial charge < -0.3 is 9.73 Å². The third-order valence-electron chi connectivity index (χ3n) is 4.38. The van der Waals surface area contributed by atoms with E-state index in [2.05, 4.69) is 15.6 Å². The van der Waals surface area contributed by atoms with Crippen LogP contribution >= 0.6 is 11.6 Å². The second-order valence-electron chi connectivity index (χ2n) is 6.09. The van der Waals surface area contributed by atoms with Gasteiger partial charge in [0, 0.05) is 16.0 Å². The van der Waals surface area contributed by atoms with E-state index in [9.17, 15) is 0 Å². The SMILES string of the molecule is Clc1ccc(-c2nnn3c2nc(NCc2ccco2)c2ccccc23)cc1. The van der Waals surface area contributed by atoms with Crippen LogP contribution in [0.25, 0.3) is 27.8 Å². The van der Waals surface area contributed by atoms with E-state index in [1.807, 2.05) is 60.7 Å². The van der Waals surface area contributed by atoms with Gasteiger partial charge in [-0.25, -0.2) is 4.98 Å². The molecule has 3 aromatic heterocycles. The topological polar surface area (TPSA) is 68.2 Å². The Morgan fingerprint density at radius 3 is 2.67 bits per heavy atom. The van der Waals surface area contributed by atoms with Crippen molar-refractivity contribution in [2.45, 2.75) is 6.54 Å². The average molecular weight is 376 g/mol. The van der Waals surface area contributed by atoms with Gasteiger partial charge in [-0.2, -0.15) is 4.52 Å². The van der Waals surface area contributed by atoms with Gasteiger partial charge >= 0.3 is 0 Å². The van der Waals surface area contributed by atoms with Crippen LogP contribution in [0.3, 0.4) is 0 Å². The molecule has 0 saturated carbocycles. The number of furan rings is 1. The first-order valence-electron chi connectivity index (χ1n) is 8.46. The number of benzene rings is 2. The molecule has 0 aliphatic rings. The molecule has 0 aliphatic heterocycles. The zero-order valence-electron chi connectivity index (χ0n) is 14.1. The van der Waals surface area contributed by atoms with E-state index >= 15 is 0 Å². The third kappa shape index (κ3) is 2.80. The standard InChI is InChI=1S/C20H14ClN5O/c21-14-9-7-13(8-10-14)18-20-23-19(22-12-15-4-3-11-27-15)16-5-1-2-6-17(16)26(20)25-24-18/h1-11H,12H2,(H,22,23). The molecule has 0 saturated heterocycles. The maximum Gasteiger partial charge on any atom is 0.186 e. The summed E-state index contributed by atoms with van der Waals surface area (Å²) in [6, 6.07) is 19.3. The molecule has 132 valence electrons. The van der Waals surface area contributed by atoms with Crippen LogP contribution < -0.4 is 5.32 Å². The van der Waals surface area contributed by atoms with Crippen LogP contribution in [0, 0.1) is 0 Å². The Morgan fingerprint density at radius 1 is 1.00 bits per heavy atom. The van der Waals surface area contributed by atoms with E-state index in [4.69, 9.17) is 21.0 Å². The second kappa shape index (κ2) is 6.41. The van der Waals surface area contributed by atoms with Crippen molar-refractivity contribution >= 4 is 34.0 Å². The van der Waals surface area contributed by atoms with E-state index in [1.165, 1.54) is 0 Å². The highest BCUT2D eigenvalue weighted by Gasteiger charge is 2.15. The molecular formula is C20H14ClN5O. The molecule has 1 N–H and O–H groups in total. The van der Waals surface area contributed by atoms with Gasteiger partial charge in [-0.3, -0.25) is 0 Å². The summed E-state index contributed by atoms with van der Waals surface area (Å²) in [4.78, 5) is 4.81. The van der Waals surface area contributed by atoms with E-state index in [1.54, 1.807) is 10.8 Å². The molecule has 0 unspecified atom stereocenters. The zero-order chi connectivity index (χ0) is 18.2. The van der Waals surface area contributed by atoms with Crippen molar-refractivity contribution in [2.24, 2.45) is 0 Å². The normalized spacial score (nSPS) is 11.3. The maximum absolute atomic E-state index is 6.01. The van der Waals surface area contributed by atoms with Gasteiger partial charge in [0.05, 0.1) is 18.3 Å². The minimum Gasteiger partial charge on any atom is -0.467 e. The van der Waals surface area contributed by atoms with Gasteiger partial charge in [-0.15, -0.1) is 5.10 Å². The molecule has 0 atom stereocenters. The Labute approximate surface area is 159 Å². The molecule has 0 bridgehead atoms. The van der Waals surface area contributed by atoms with Gasteiger partial charge in [0.25, 0.3) is 0 Å². The van der Waals surface area contributed by atoms with E-state index in [-0.39, 0.29) is 0 Å². The molecule has 0 aliphatic carbocycles. The highest BCUT2D eigenvalue weighted by atomic mass is 35.5. The van der Waals surface area contributed by atoms with Crippen molar-refractivity contribution in [3.05, 3.63) is 77.7 Å². The first kappa shape index (κ1) is 15.8. The number of nitrogens with one attached hydrogen (secondary N) is 1. The first-order chi connectivity index (χ1) is 13.3. The predicted molar refractivity (Wildman–Crippen MR) is 105 cm³/mol. The molecule has 3 heterocycles. The van der Waals surface area contributed by atoms with Gasteiger partial charge in [0.2, 0.25) is 0 Å². The second-order valence-corrected chi connectivity index (χ2v) is 6.53. The van der Waals surface area contributed by atoms with Gasteiger partial charge in [0.15, 0.2) is 5.65 Å². The highest BCUT2D eigenvalue weighted by molar-refractivity contribution is 6.30. The van der Waals surface area contributed by atoms with E-state index < -0.39 is 0 Å². The average Bonchev–Trinajstić information content (AvgIpc) is 3.37. The van der Waals surface area contributed by atoms with Crippen molar-refractivity contribution in [3.8, 4) is 11.3 Å². The summed E-state index contributed by atoms with van der Waals surface area (Å²) < 4.78 is 7.17. The number of rotatable bonds is 4. The Bertz CT molecular complexity index is 1230. The van der Waals surface area contributed by atoms with Crippen LogP contribution in [-0.4, -0.2) is 19.8 Å². The quantitative estimate of drug-likeness (QED) is 0.488. The Morgan fingerprint density at radius 2 is 1.85 bits per heavy atom. The van der Waals surface area contributed by atoms with E-state index in [0.29, 0.717) is 22.9 Å². The molecule has 2 aromatic carbocycles. The molecule has 0 amide bonds. The molecular weight excluding hydrogens is 362 g/mol. The fourth-order valence-corrected chi connectivity index (χ4v) is 3.20. The number of hydrogen-bond donors (Lipinski definition) is 1. The maximum atomic E-state index is 6.01. The molecule has 0 spiro atoms. The Kier molecular flexibility index (Phi) is 3.76. The van der Waals surface area contributed by atoms with Gasteiger partial charge in [0.1, 0.15) is 17.3 Å². The number of halogens is 1. The summed E-state index contributed by atoms with van der Waals surface area (Å²) in [5, 5.41) is 13.7. The predicted octanol–water partition coefficient (Wildman–Crippen LogP) is 4.80. The molecule has 7 heteroatoms. The summed E-state index contributed by atoms with van der Waals surface area (Å²) in [5.74, 6) is 1.59. The highest BCUT2D eigenvalue weighted by Crippen LogP contribution is 2.28. The Balaban J connectivity index is 1.68. The van der Waals surface area contributed by atoms with Crippen LogP contribution in [0.4, 0.5) is 5.82 Å². The zero-order valence-corrected chi connectivity index (χ0v) is 14.9. The van der Waals surface area contributed by atoms with Crippen molar-refractivity contribution in [1.82, 2.24) is 19.8 Å². The summed E-state index contributed by atoms with van der Waals surface area (Å²) in [5.41, 5.74) is 3.22. The molecule has 27 heavy (non-hydrogen) atoms. The van der Waals surface area contributed by atoms with Crippen LogP contribution in [0.5, 0.6) is 0 Å². The minimum absolute atomic E-state index is 0.540. The minimum atomic E-state index is 0.540. The van der Waals surface area contributed by atoms with Crippen molar-refractivity contribution in [3.63, 3.8) is 0 Å². The molecule has 0 fully saturated rings. The number of hydrogen-bond acceptors (Lipinski definition) is 5. The summed E-state index contributed by atoms with van der Waals surface area (Å²) in [6.45, 7) is 0.540. The van der Waals surface area contributed by atoms with Crippen LogP contribution in [-0.2, 0) is 6.54 Å². The smallest absolute Gasteiger partial charge is 0.186 e. The lowest BCUT2D eigenvalue weighted by molar-refractivity contribution is 0.518. The number of aromatic nitrogens is 4. The summed E-state index contributed by atoms with van der Waals surface area (Å²) in [6.07, 6.45) is 1.66. The fourth-order valence-electron chi connectivity index (χ4n) is 3.08. The van der Waals surface area contributed by atoms with Crippen molar-refractivity contribution in [1.29, 1.82) is 0 Å². The van der Waals surface area contributed by atoms with Crippen LogP contribution in [0.2, 0.25) is 5.02 Å². The largest absolute Gasteiger partial charge is 0.467 e. The summed E-state index contributed by atoms with van der Waals surface area (Å²) in [7, 11) is 0.